The molecule has 1 amide bonds. The van der Waals surface area contributed by atoms with Gasteiger partial charge in [0.25, 0.3) is 5.91 Å². The maximum atomic E-state index is 13.1. The first kappa shape index (κ1) is 20.7. The Morgan fingerprint density at radius 2 is 2.03 bits per heavy atom. The molecule has 29 heavy (non-hydrogen) atoms. The van der Waals surface area contributed by atoms with Crippen molar-refractivity contribution in [2.24, 2.45) is 0 Å². The summed E-state index contributed by atoms with van der Waals surface area (Å²) in [5, 5.41) is 4.64. The lowest BCUT2D eigenvalue weighted by Gasteiger charge is -2.20. The molecule has 0 radical (unpaired) electrons. The largest absolute Gasteiger partial charge is 0.493 e. The topological polar surface area (TPSA) is 77.7 Å². The standard InChI is InChI=1S/C21H23N3O4S/c1-14-11-16(23-28-14)13-29-20-17(8-6-10-22-20)21(25)24(2)12-15-7-5-9-18(26-3)19(15)27-4/h5-11H,12-13H2,1-4H3. The van der Waals surface area contributed by atoms with E-state index in [0.29, 0.717) is 34.4 Å². The summed E-state index contributed by atoms with van der Waals surface area (Å²) < 4.78 is 15.9. The van der Waals surface area contributed by atoms with Crippen molar-refractivity contribution in [1.29, 1.82) is 0 Å². The zero-order chi connectivity index (χ0) is 20.8. The van der Waals surface area contributed by atoms with Crippen LogP contribution in [-0.4, -0.2) is 42.2 Å². The van der Waals surface area contributed by atoms with Gasteiger partial charge in [-0.25, -0.2) is 4.98 Å². The smallest absolute Gasteiger partial charge is 0.256 e. The molecular formula is C21H23N3O4S. The van der Waals surface area contributed by atoms with Gasteiger partial charge in [-0.1, -0.05) is 29.1 Å². The van der Waals surface area contributed by atoms with Crippen LogP contribution < -0.4 is 9.47 Å². The molecule has 0 aliphatic carbocycles. The molecule has 0 unspecified atom stereocenters. The number of benzene rings is 1. The minimum atomic E-state index is -0.123. The van der Waals surface area contributed by atoms with Gasteiger partial charge in [0.1, 0.15) is 10.8 Å². The summed E-state index contributed by atoms with van der Waals surface area (Å²) in [7, 11) is 4.93. The van der Waals surface area contributed by atoms with Crippen LogP contribution in [0.1, 0.15) is 27.4 Å². The van der Waals surface area contributed by atoms with Crippen LogP contribution in [0.2, 0.25) is 0 Å². The Bertz CT molecular complexity index is 990. The highest BCUT2D eigenvalue weighted by atomic mass is 32.2. The van der Waals surface area contributed by atoms with Gasteiger partial charge in [0.15, 0.2) is 11.5 Å². The predicted molar refractivity (Wildman–Crippen MR) is 110 cm³/mol. The Balaban J connectivity index is 1.76. The number of para-hydroxylation sites is 1. The molecule has 0 saturated heterocycles. The normalized spacial score (nSPS) is 10.6. The fourth-order valence-corrected chi connectivity index (χ4v) is 3.77. The van der Waals surface area contributed by atoms with Crippen LogP contribution in [0.25, 0.3) is 0 Å². The van der Waals surface area contributed by atoms with Crippen LogP contribution in [0.15, 0.2) is 52.1 Å². The van der Waals surface area contributed by atoms with E-state index in [1.165, 1.54) is 11.8 Å². The number of ether oxygens (including phenoxy) is 2. The van der Waals surface area contributed by atoms with Gasteiger partial charge in [-0.15, -0.1) is 0 Å². The number of nitrogens with zero attached hydrogens (tertiary/aromatic N) is 3. The van der Waals surface area contributed by atoms with Crippen LogP contribution in [0.5, 0.6) is 11.5 Å². The first-order valence-electron chi connectivity index (χ1n) is 8.98. The van der Waals surface area contributed by atoms with Crippen molar-refractivity contribution < 1.29 is 18.8 Å². The molecule has 0 spiro atoms. The predicted octanol–water partition coefficient (Wildman–Crippen LogP) is 3.96. The monoisotopic (exact) mass is 413 g/mol. The van der Waals surface area contributed by atoms with Crippen LogP contribution in [-0.2, 0) is 12.3 Å². The number of aryl methyl sites for hydroxylation is 1. The highest BCUT2D eigenvalue weighted by molar-refractivity contribution is 7.98. The average molecular weight is 413 g/mol. The van der Waals surface area contributed by atoms with Crippen molar-refractivity contribution in [3.05, 3.63) is 65.2 Å². The third-order valence-corrected chi connectivity index (χ3v) is 5.31. The highest BCUT2D eigenvalue weighted by Gasteiger charge is 2.20. The number of rotatable bonds is 8. The summed E-state index contributed by atoms with van der Waals surface area (Å²) in [6, 6.07) is 11.0. The summed E-state index contributed by atoms with van der Waals surface area (Å²) in [5.74, 6) is 2.46. The number of carbonyl (C=O) groups excluding carboxylic acids is 1. The van der Waals surface area contributed by atoms with Crippen molar-refractivity contribution in [1.82, 2.24) is 15.0 Å². The van der Waals surface area contributed by atoms with Gasteiger partial charge in [-0.3, -0.25) is 4.79 Å². The van der Waals surface area contributed by atoms with Gasteiger partial charge in [0.05, 0.1) is 25.5 Å². The van der Waals surface area contributed by atoms with Crippen molar-refractivity contribution in [3.8, 4) is 11.5 Å². The maximum Gasteiger partial charge on any atom is 0.256 e. The highest BCUT2D eigenvalue weighted by Crippen LogP contribution is 2.32. The Morgan fingerprint density at radius 3 is 2.72 bits per heavy atom. The van der Waals surface area contributed by atoms with Gasteiger partial charge in [0.2, 0.25) is 0 Å². The van der Waals surface area contributed by atoms with Gasteiger partial charge in [-0.2, -0.15) is 0 Å². The van der Waals surface area contributed by atoms with Gasteiger partial charge in [0, 0.05) is 37.2 Å². The summed E-state index contributed by atoms with van der Waals surface area (Å²) >= 11 is 1.45. The molecule has 2 heterocycles. The minimum Gasteiger partial charge on any atom is -0.493 e. The summed E-state index contributed by atoms with van der Waals surface area (Å²) in [6.07, 6.45) is 1.68. The van der Waals surface area contributed by atoms with Crippen molar-refractivity contribution >= 4 is 17.7 Å². The molecule has 2 aromatic heterocycles. The molecule has 7 nitrogen and oxygen atoms in total. The van der Waals surface area contributed by atoms with Gasteiger partial charge < -0.3 is 18.9 Å². The van der Waals surface area contributed by atoms with E-state index in [1.54, 1.807) is 44.5 Å². The first-order valence-corrected chi connectivity index (χ1v) is 9.97. The van der Waals surface area contributed by atoms with E-state index in [2.05, 4.69) is 10.1 Å². The van der Waals surface area contributed by atoms with E-state index in [-0.39, 0.29) is 5.91 Å². The fraction of sp³-hybridized carbons (Fsp3) is 0.286. The van der Waals surface area contributed by atoms with E-state index in [9.17, 15) is 4.79 Å². The SMILES string of the molecule is COc1cccc(CN(C)C(=O)c2cccnc2SCc2cc(C)on2)c1OC. The second-order valence-corrected chi connectivity index (χ2v) is 7.35. The van der Waals surface area contributed by atoms with Crippen molar-refractivity contribution in [2.75, 3.05) is 21.3 Å². The molecule has 0 bridgehead atoms. The molecule has 1 aromatic carbocycles. The molecule has 0 N–H and O–H groups in total. The quantitative estimate of drug-likeness (QED) is 0.517. The molecular weight excluding hydrogens is 390 g/mol. The number of aromatic nitrogens is 2. The molecule has 0 atom stereocenters. The third-order valence-electron chi connectivity index (χ3n) is 4.27. The summed E-state index contributed by atoms with van der Waals surface area (Å²) in [5.41, 5.74) is 2.21. The Morgan fingerprint density at radius 1 is 1.21 bits per heavy atom. The lowest BCUT2D eigenvalue weighted by atomic mass is 10.1. The Labute approximate surface area is 174 Å². The van der Waals surface area contributed by atoms with E-state index >= 15 is 0 Å². The van der Waals surface area contributed by atoms with Crippen LogP contribution in [0, 0.1) is 6.92 Å². The van der Waals surface area contributed by atoms with Crippen molar-refractivity contribution in [2.45, 2.75) is 24.2 Å². The van der Waals surface area contributed by atoms with Crippen LogP contribution in [0.4, 0.5) is 0 Å². The zero-order valence-corrected chi connectivity index (χ0v) is 17.7. The fourth-order valence-electron chi connectivity index (χ4n) is 2.91. The van der Waals surface area contributed by atoms with Crippen molar-refractivity contribution in [3.63, 3.8) is 0 Å². The number of methoxy groups -OCH3 is 2. The third kappa shape index (κ3) is 4.89. The Hall–Kier alpha value is -3.00. The van der Waals surface area contributed by atoms with Crippen LogP contribution >= 0.6 is 11.8 Å². The molecule has 0 saturated carbocycles. The van der Waals surface area contributed by atoms with E-state index in [4.69, 9.17) is 14.0 Å². The van der Waals surface area contributed by atoms with E-state index < -0.39 is 0 Å². The molecule has 8 heteroatoms. The zero-order valence-electron chi connectivity index (χ0n) is 16.8. The van der Waals surface area contributed by atoms with Gasteiger partial charge in [-0.05, 0) is 25.1 Å². The number of pyridine rings is 1. The average Bonchev–Trinajstić information content (AvgIpc) is 3.16. The van der Waals surface area contributed by atoms with Crippen LogP contribution in [0.3, 0.4) is 0 Å². The number of hydrogen-bond acceptors (Lipinski definition) is 7. The molecule has 3 aromatic rings. The lowest BCUT2D eigenvalue weighted by Crippen LogP contribution is -2.27. The summed E-state index contributed by atoms with van der Waals surface area (Å²) in [6.45, 7) is 2.22. The molecule has 0 aliphatic heterocycles. The number of hydrogen-bond donors (Lipinski definition) is 0. The first-order chi connectivity index (χ1) is 14.0. The minimum absolute atomic E-state index is 0.123. The molecule has 152 valence electrons. The Kier molecular flexibility index (Phi) is 6.77. The van der Waals surface area contributed by atoms with E-state index in [0.717, 1.165) is 17.0 Å². The molecule has 0 fully saturated rings. The second-order valence-electron chi connectivity index (χ2n) is 6.39. The number of amides is 1. The van der Waals surface area contributed by atoms with E-state index in [1.807, 2.05) is 31.2 Å². The number of thioether (sulfide) groups is 1. The van der Waals surface area contributed by atoms with Gasteiger partial charge >= 0.3 is 0 Å². The molecule has 3 rings (SSSR count). The molecule has 0 aliphatic rings. The summed E-state index contributed by atoms with van der Waals surface area (Å²) in [4.78, 5) is 19.1. The number of carbonyl (C=O) groups is 1. The maximum absolute atomic E-state index is 13.1. The second kappa shape index (κ2) is 9.47. The lowest BCUT2D eigenvalue weighted by molar-refractivity contribution is 0.0779.